The number of ether oxygens (including phenoxy) is 4. The van der Waals surface area contributed by atoms with Crippen molar-refractivity contribution in [1.29, 1.82) is 0 Å². The number of aliphatic carboxylic acids is 2. The Morgan fingerprint density at radius 3 is 1.69 bits per heavy atom. The minimum Gasteiger partial charge on any atom is -0.619 e. The number of alkyl halides is 6. The zero-order chi connectivity index (χ0) is 38.1. The van der Waals surface area contributed by atoms with Crippen molar-refractivity contribution < 1.29 is 74.6 Å². The van der Waals surface area contributed by atoms with Crippen molar-refractivity contribution in [2.24, 2.45) is 11.8 Å². The molecule has 276 valence electrons. The third kappa shape index (κ3) is 8.56. The van der Waals surface area contributed by atoms with E-state index in [4.69, 9.17) is 52.4 Å². The number of hydrogen-bond acceptors (Lipinski definition) is 8. The first-order valence-electron chi connectivity index (χ1n) is 14.6. The molecule has 0 aliphatic carbocycles. The number of carbonyl (C=O) groups is 2. The SMILES string of the molecule is O=C(O)C1Cc2cc(Cl)c(Oc3ccc[n+]([O-])c3)cc2OC1C(F)(F)F.O=C(O)C1Cc2cc(Cl)c(Oc3cccc[n+]3[O-])cc2OC1C(F)(F)F. The summed E-state index contributed by atoms with van der Waals surface area (Å²) in [6, 6.07) is 12.1. The number of halogens is 8. The average molecular weight is 779 g/mol. The lowest BCUT2D eigenvalue weighted by atomic mass is 9.90. The lowest BCUT2D eigenvalue weighted by Gasteiger charge is -2.32. The molecule has 4 heterocycles. The third-order valence-electron chi connectivity index (χ3n) is 7.61. The molecule has 4 unspecified atom stereocenters. The first-order valence-corrected chi connectivity index (χ1v) is 15.4. The summed E-state index contributed by atoms with van der Waals surface area (Å²) < 4.78 is 100. The summed E-state index contributed by atoms with van der Waals surface area (Å²) in [5.41, 5.74) is 0.431. The van der Waals surface area contributed by atoms with Gasteiger partial charge in [0.15, 0.2) is 23.9 Å². The molecule has 2 aliphatic rings. The molecule has 4 aromatic rings. The summed E-state index contributed by atoms with van der Waals surface area (Å²) in [4.78, 5) is 22.4. The van der Waals surface area contributed by atoms with E-state index in [9.17, 15) is 46.3 Å². The molecule has 12 nitrogen and oxygen atoms in total. The topological polar surface area (TPSA) is 165 Å². The van der Waals surface area contributed by atoms with Gasteiger partial charge in [-0.1, -0.05) is 23.2 Å². The number of pyridine rings is 2. The predicted octanol–water partition coefficient (Wildman–Crippen LogP) is 6.66. The maximum absolute atomic E-state index is 13.1. The molecule has 20 heteroatoms. The molecule has 0 radical (unpaired) electrons. The Bertz CT molecular complexity index is 2000. The Balaban J connectivity index is 0.000000201. The number of hydrogen-bond donors (Lipinski definition) is 2. The van der Waals surface area contributed by atoms with Crippen LogP contribution in [-0.4, -0.2) is 46.7 Å². The fourth-order valence-electron chi connectivity index (χ4n) is 5.22. The molecule has 0 saturated heterocycles. The number of carboxylic acid groups (broad SMARTS) is 2. The maximum atomic E-state index is 13.1. The molecule has 2 aromatic heterocycles. The van der Waals surface area contributed by atoms with E-state index in [1.165, 1.54) is 54.9 Å². The van der Waals surface area contributed by atoms with Crippen molar-refractivity contribution in [2.45, 2.75) is 37.4 Å². The second-order valence-electron chi connectivity index (χ2n) is 11.2. The van der Waals surface area contributed by atoms with Crippen molar-refractivity contribution in [3.05, 3.63) is 105 Å². The number of fused-ring (bicyclic) bond motifs is 2. The van der Waals surface area contributed by atoms with Crippen LogP contribution in [0.4, 0.5) is 26.3 Å². The largest absolute Gasteiger partial charge is 0.619 e. The maximum Gasteiger partial charge on any atom is 0.426 e. The highest BCUT2D eigenvalue weighted by Gasteiger charge is 2.53. The van der Waals surface area contributed by atoms with E-state index < -0.39 is 54.8 Å². The van der Waals surface area contributed by atoms with Crippen LogP contribution in [0, 0.1) is 22.3 Å². The van der Waals surface area contributed by atoms with E-state index in [-0.39, 0.29) is 62.2 Å². The molecule has 2 aliphatic heterocycles. The number of benzene rings is 2. The normalized spacial score (nSPS) is 19.4. The smallest absolute Gasteiger partial charge is 0.426 e. The lowest BCUT2D eigenvalue weighted by molar-refractivity contribution is -0.611. The van der Waals surface area contributed by atoms with Gasteiger partial charge in [-0.15, -0.1) is 4.73 Å². The van der Waals surface area contributed by atoms with Gasteiger partial charge in [0.1, 0.15) is 29.1 Å². The second kappa shape index (κ2) is 14.7. The molecule has 0 fully saturated rings. The Morgan fingerprint density at radius 1 is 0.750 bits per heavy atom. The van der Waals surface area contributed by atoms with Crippen LogP contribution < -0.4 is 28.4 Å². The second-order valence-corrected chi connectivity index (χ2v) is 12.0. The first kappa shape index (κ1) is 37.9. The van der Waals surface area contributed by atoms with Gasteiger partial charge in [0.2, 0.25) is 18.4 Å². The van der Waals surface area contributed by atoms with Gasteiger partial charge in [0, 0.05) is 24.3 Å². The quantitative estimate of drug-likeness (QED) is 0.123. The highest BCUT2D eigenvalue weighted by atomic mass is 35.5. The standard InChI is InChI=1S/2C16H11ClF3NO5/c17-11-5-8-4-10(15(22)23)14(16(18,19)20)26-12(8)6-13(11)25-9-2-1-3-21(24)7-9;17-10-6-8-5-9(15(22)23)14(16(18,19)20)26-11(8)7-12(10)25-13-3-1-2-4-21(13)24/h1-3,5-7,10,14H,4H2,(H,22,23);1-4,6-7,9,14H,5H2,(H,22,23). The molecule has 6 rings (SSSR count). The zero-order valence-corrected chi connectivity index (χ0v) is 27.2. The summed E-state index contributed by atoms with van der Waals surface area (Å²) in [6.45, 7) is 0. The molecule has 2 aromatic carbocycles. The first-order chi connectivity index (χ1) is 24.3. The Labute approximate surface area is 298 Å². The Kier molecular flexibility index (Phi) is 10.7. The van der Waals surface area contributed by atoms with Crippen molar-refractivity contribution in [3.63, 3.8) is 0 Å². The highest BCUT2D eigenvalue weighted by Crippen LogP contribution is 2.45. The molecule has 52 heavy (non-hydrogen) atoms. The fourth-order valence-corrected chi connectivity index (χ4v) is 5.67. The van der Waals surface area contributed by atoms with Gasteiger partial charge >= 0.3 is 30.2 Å². The van der Waals surface area contributed by atoms with Crippen LogP contribution >= 0.6 is 23.2 Å². The van der Waals surface area contributed by atoms with Gasteiger partial charge in [0.25, 0.3) is 0 Å². The van der Waals surface area contributed by atoms with Gasteiger partial charge in [0.05, 0.1) is 16.1 Å². The Morgan fingerprint density at radius 2 is 1.25 bits per heavy atom. The van der Waals surface area contributed by atoms with Gasteiger partial charge in [-0.3, -0.25) is 9.59 Å². The molecule has 0 amide bonds. The van der Waals surface area contributed by atoms with Gasteiger partial charge in [-0.05, 0) is 48.2 Å². The molecule has 0 saturated carbocycles. The number of nitrogens with zero attached hydrogens (tertiary/aromatic N) is 2. The summed E-state index contributed by atoms with van der Waals surface area (Å²) in [7, 11) is 0. The van der Waals surface area contributed by atoms with E-state index in [0.717, 1.165) is 18.3 Å². The van der Waals surface area contributed by atoms with Crippen LogP contribution in [0.1, 0.15) is 11.1 Å². The van der Waals surface area contributed by atoms with Crippen molar-refractivity contribution in [2.75, 3.05) is 0 Å². The number of aromatic nitrogens is 2. The van der Waals surface area contributed by atoms with Gasteiger partial charge < -0.3 is 39.6 Å². The van der Waals surface area contributed by atoms with Crippen molar-refractivity contribution >= 4 is 35.1 Å². The molecule has 2 N–H and O–H groups in total. The monoisotopic (exact) mass is 778 g/mol. The highest BCUT2D eigenvalue weighted by molar-refractivity contribution is 6.32. The summed E-state index contributed by atoms with van der Waals surface area (Å²) in [5, 5.41) is 41.1. The van der Waals surface area contributed by atoms with E-state index in [1.54, 1.807) is 0 Å². The molecule has 0 spiro atoms. The zero-order valence-electron chi connectivity index (χ0n) is 25.7. The van der Waals surface area contributed by atoms with E-state index in [0.29, 0.717) is 9.46 Å². The van der Waals surface area contributed by atoms with Crippen molar-refractivity contribution in [1.82, 2.24) is 0 Å². The van der Waals surface area contributed by atoms with Crippen LogP contribution in [0.3, 0.4) is 0 Å². The lowest BCUT2D eigenvalue weighted by Crippen LogP contribution is -2.47. The summed E-state index contributed by atoms with van der Waals surface area (Å²) >= 11 is 12.1. The van der Waals surface area contributed by atoms with Crippen LogP contribution in [0.2, 0.25) is 10.0 Å². The number of carboxylic acids is 2. The van der Waals surface area contributed by atoms with Crippen LogP contribution in [-0.2, 0) is 22.4 Å². The van der Waals surface area contributed by atoms with E-state index in [2.05, 4.69) is 0 Å². The molecule has 4 atom stereocenters. The molecular formula is C32H22Cl2F6N2O10. The third-order valence-corrected chi connectivity index (χ3v) is 8.20. The Hall–Kier alpha value is -5.36. The minimum absolute atomic E-state index is 0.00537. The fraction of sp³-hybridized carbons (Fsp3) is 0.250. The van der Waals surface area contributed by atoms with Crippen LogP contribution in [0.5, 0.6) is 34.6 Å². The average Bonchev–Trinajstić information content (AvgIpc) is 3.05. The summed E-state index contributed by atoms with van der Waals surface area (Å²) in [5.74, 6) is -7.29. The van der Waals surface area contributed by atoms with Gasteiger partial charge in [-0.25, -0.2) is 0 Å². The van der Waals surface area contributed by atoms with Crippen LogP contribution in [0.15, 0.2) is 73.2 Å². The van der Waals surface area contributed by atoms with Crippen molar-refractivity contribution in [3.8, 4) is 34.6 Å². The molecular weight excluding hydrogens is 757 g/mol. The molecule has 0 bridgehead atoms. The van der Waals surface area contributed by atoms with E-state index >= 15 is 0 Å². The van der Waals surface area contributed by atoms with Crippen LogP contribution in [0.25, 0.3) is 0 Å². The van der Waals surface area contributed by atoms with E-state index in [1.807, 2.05) is 0 Å². The minimum atomic E-state index is -4.86. The summed E-state index contributed by atoms with van der Waals surface area (Å²) in [6.07, 6.45) is -12.0. The predicted molar refractivity (Wildman–Crippen MR) is 164 cm³/mol. The van der Waals surface area contributed by atoms with Gasteiger partial charge in [-0.2, -0.15) is 31.1 Å². The number of rotatable bonds is 6.